The number of H-pyrrole nitrogens is 1. The average molecular weight is 304 g/mol. The van der Waals surface area contributed by atoms with Crippen LogP contribution in [0.3, 0.4) is 0 Å². The van der Waals surface area contributed by atoms with Crippen molar-refractivity contribution in [2.24, 2.45) is 0 Å². The zero-order valence-corrected chi connectivity index (χ0v) is 12.6. The maximum absolute atomic E-state index is 12.1. The number of nitrogens with zero attached hydrogens (tertiary/aromatic N) is 2. The molecule has 2 rings (SSSR count). The number of amides is 1. The highest BCUT2D eigenvalue weighted by molar-refractivity contribution is 8.00. The van der Waals surface area contributed by atoms with Crippen molar-refractivity contribution in [2.75, 3.05) is 5.32 Å². The number of hydrogen-bond donors (Lipinski definition) is 2. The van der Waals surface area contributed by atoms with E-state index >= 15 is 0 Å². The molecule has 0 bridgehead atoms. The zero-order chi connectivity index (χ0) is 15.2. The Kier molecular flexibility index (Phi) is 5.10. The van der Waals surface area contributed by atoms with Crippen LogP contribution >= 0.6 is 11.8 Å². The first kappa shape index (κ1) is 15.2. The predicted molar refractivity (Wildman–Crippen MR) is 82.4 cm³/mol. The molecule has 0 saturated heterocycles. The Bertz CT molecular complexity index is 669. The van der Waals surface area contributed by atoms with Gasteiger partial charge in [0, 0.05) is 5.69 Å². The number of anilines is 1. The highest BCUT2D eigenvalue weighted by Crippen LogP contribution is 2.19. The van der Waals surface area contributed by atoms with E-state index in [-0.39, 0.29) is 11.5 Å². The fourth-order valence-electron chi connectivity index (χ4n) is 1.64. The lowest BCUT2D eigenvalue weighted by Gasteiger charge is -2.11. The fraction of sp³-hybridized carbons (Fsp3) is 0.286. The lowest BCUT2D eigenvalue weighted by Crippen LogP contribution is -2.23. The molecule has 110 valence electrons. The van der Waals surface area contributed by atoms with Gasteiger partial charge in [-0.15, -0.1) is 5.10 Å². The normalized spacial score (nSPS) is 11.9. The number of carbonyl (C=O) groups excluding carboxylic acids is 1. The molecule has 0 saturated carbocycles. The molecular weight excluding hydrogens is 288 g/mol. The molecule has 0 aliphatic carbocycles. The van der Waals surface area contributed by atoms with Crippen molar-refractivity contribution >= 4 is 23.4 Å². The quantitative estimate of drug-likeness (QED) is 0.823. The van der Waals surface area contributed by atoms with E-state index < -0.39 is 5.25 Å². The smallest absolute Gasteiger partial charge is 0.270 e. The van der Waals surface area contributed by atoms with Gasteiger partial charge in [-0.2, -0.15) is 5.10 Å². The zero-order valence-electron chi connectivity index (χ0n) is 11.8. The first-order valence-electron chi connectivity index (χ1n) is 6.57. The molecule has 21 heavy (non-hydrogen) atoms. The average Bonchev–Trinajstić information content (AvgIpc) is 2.48. The summed E-state index contributed by atoms with van der Waals surface area (Å²) in [5.41, 5.74) is 1.63. The van der Waals surface area contributed by atoms with Gasteiger partial charge in [0.2, 0.25) is 5.91 Å². The Hall–Kier alpha value is -2.15. The number of aromatic nitrogens is 3. The van der Waals surface area contributed by atoms with Crippen LogP contribution < -0.4 is 10.9 Å². The Morgan fingerprint density at radius 1 is 1.38 bits per heavy atom. The molecule has 1 heterocycles. The van der Waals surface area contributed by atoms with E-state index in [1.807, 2.05) is 24.3 Å². The molecule has 0 aliphatic heterocycles. The van der Waals surface area contributed by atoms with E-state index in [0.717, 1.165) is 30.1 Å². The molecule has 2 N–H and O–H groups in total. The van der Waals surface area contributed by atoms with Gasteiger partial charge in [0.15, 0.2) is 5.16 Å². The molecule has 0 unspecified atom stereocenters. The Balaban J connectivity index is 1.97. The number of thioether (sulfide) groups is 1. The van der Waals surface area contributed by atoms with Crippen LogP contribution in [0.15, 0.2) is 40.4 Å². The van der Waals surface area contributed by atoms with Crippen molar-refractivity contribution in [1.82, 2.24) is 15.2 Å². The van der Waals surface area contributed by atoms with Crippen molar-refractivity contribution in [2.45, 2.75) is 30.7 Å². The lowest BCUT2D eigenvalue weighted by atomic mass is 10.1. The van der Waals surface area contributed by atoms with Crippen LogP contribution in [-0.4, -0.2) is 26.3 Å². The summed E-state index contributed by atoms with van der Waals surface area (Å²) < 4.78 is 0. The SMILES string of the molecule is CCc1ccc(NC(=O)[C@@H](C)Sc2nncc(=O)[nH]2)cc1. The van der Waals surface area contributed by atoms with E-state index in [4.69, 9.17) is 0 Å². The third kappa shape index (κ3) is 4.42. The molecule has 1 aromatic heterocycles. The van der Waals surface area contributed by atoms with Crippen molar-refractivity contribution in [3.05, 3.63) is 46.4 Å². The molecule has 1 atom stereocenters. The van der Waals surface area contributed by atoms with Gasteiger partial charge in [0.05, 0.1) is 5.25 Å². The molecule has 6 nitrogen and oxygen atoms in total. The second-order valence-electron chi connectivity index (χ2n) is 4.44. The monoisotopic (exact) mass is 304 g/mol. The summed E-state index contributed by atoms with van der Waals surface area (Å²) in [6, 6.07) is 7.71. The molecule has 1 aromatic carbocycles. The highest BCUT2D eigenvalue weighted by Gasteiger charge is 2.16. The summed E-state index contributed by atoms with van der Waals surface area (Å²) in [5.74, 6) is -0.157. The van der Waals surface area contributed by atoms with Crippen LogP contribution in [0, 0.1) is 0 Å². The Morgan fingerprint density at radius 3 is 2.71 bits per heavy atom. The van der Waals surface area contributed by atoms with Gasteiger partial charge in [-0.25, -0.2) is 0 Å². The lowest BCUT2D eigenvalue weighted by molar-refractivity contribution is -0.115. The van der Waals surface area contributed by atoms with Gasteiger partial charge in [-0.3, -0.25) is 14.6 Å². The van der Waals surface area contributed by atoms with Crippen LogP contribution in [0.4, 0.5) is 5.69 Å². The van der Waals surface area contributed by atoms with Gasteiger partial charge < -0.3 is 5.32 Å². The van der Waals surface area contributed by atoms with Gasteiger partial charge in [-0.1, -0.05) is 30.8 Å². The molecule has 2 aromatic rings. The second-order valence-corrected chi connectivity index (χ2v) is 5.77. The Labute approximate surface area is 126 Å². The summed E-state index contributed by atoms with van der Waals surface area (Å²) in [5, 5.41) is 10.1. The summed E-state index contributed by atoms with van der Waals surface area (Å²) in [4.78, 5) is 25.7. The van der Waals surface area contributed by atoms with Crippen LogP contribution in [-0.2, 0) is 11.2 Å². The number of rotatable bonds is 5. The first-order valence-corrected chi connectivity index (χ1v) is 7.45. The van der Waals surface area contributed by atoms with Gasteiger partial charge in [-0.05, 0) is 31.0 Å². The maximum atomic E-state index is 12.1. The summed E-state index contributed by atoms with van der Waals surface area (Å²) >= 11 is 1.15. The molecule has 0 aliphatic rings. The number of benzene rings is 1. The number of aryl methyl sites for hydroxylation is 1. The summed E-state index contributed by atoms with van der Waals surface area (Å²) in [6.07, 6.45) is 2.05. The van der Waals surface area contributed by atoms with E-state index in [2.05, 4.69) is 27.4 Å². The fourth-order valence-corrected chi connectivity index (χ4v) is 2.39. The first-order chi connectivity index (χ1) is 10.1. The van der Waals surface area contributed by atoms with Gasteiger partial charge in [0.1, 0.15) is 6.20 Å². The van der Waals surface area contributed by atoms with E-state index in [1.54, 1.807) is 6.92 Å². The van der Waals surface area contributed by atoms with Gasteiger partial charge in [0.25, 0.3) is 5.56 Å². The standard InChI is InChI=1S/C14H16N4O2S/c1-3-10-4-6-11(7-5-10)16-13(20)9(2)21-14-17-12(19)8-15-18-14/h4-9H,3H2,1-2H3,(H,16,20)(H,17,18,19)/t9-/m1/s1. The van der Waals surface area contributed by atoms with E-state index in [0.29, 0.717) is 5.16 Å². The molecule has 0 fully saturated rings. The predicted octanol–water partition coefficient (Wildman–Crippen LogP) is 1.85. The topological polar surface area (TPSA) is 87.7 Å². The number of hydrogen-bond acceptors (Lipinski definition) is 5. The van der Waals surface area contributed by atoms with Crippen molar-refractivity contribution in [1.29, 1.82) is 0 Å². The largest absolute Gasteiger partial charge is 0.325 e. The minimum Gasteiger partial charge on any atom is -0.325 e. The van der Waals surface area contributed by atoms with Crippen LogP contribution in [0.25, 0.3) is 0 Å². The number of nitrogens with one attached hydrogen (secondary N) is 2. The van der Waals surface area contributed by atoms with Gasteiger partial charge >= 0.3 is 0 Å². The van der Waals surface area contributed by atoms with Crippen LogP contribution in [0.1, 0.15) is 19.4 Å². The molecule has 7 heteroatoms. The molecule has 1 amide bonds. The molecular formula is C14H16N4O2S. The number of aromatic amines is 1. The van der Waals surface area contributed by atoms with E-state index in [1.165, 1.54) is 5.56 Å². The van der Waals surface area contributed by atoms with Crippen molar-refractivity contribution in [3.8, 4) is 0 Å². The van der Waals surface area contributed by atoms with E-state index in [9.17, 15) is 9.59 Å². The number of carbonyl (C=O) groups is 1. The second kappa shape index (κ2) is 7.03. The van der Waals surface area contributed by atoms with Crippen LogP contribution in [0.5, 0.6) is 0 Å². The van der Waals surface area contributed by atoms with Crippen molar-refractivity contribution in [3.63, 3.8) is 0 Å². The summed E-state index contributed by atoms with van der Waals surface area (Å²) in [6.45, 7) is 3.82. The van der Waals surface area contributed by atoms with Crippen LogP contribution in [0.2, 0.25) is 0 Å². The minimum absolute atomic E-state index is 0.157. The highest BCUT2D eigenvalue weighted by atomic mass is 32.2. The Morgan fingerprint density at radius 2 is 2.10 bits per heavy atom. The third-order valence-corrected chi connectivity index (χ3v) is 3.82. The third-order valence-electron chi connectivity index (χ3n) is 2.84. The van der Waals surface area contributed by atoms with Crippen molar-refractivity contribution < 1.29 is 4.79 Å². The minimum atomic E-state index is -0.400. The molecule has 0 spiro atoms. The summed E-state index contributed by atoms with van der Waals surface area (Å²) in [7, 11) is 0. The maximum Gasteiger partial charge on any atom is 0.270 e. The molecule has 0 radical (unpaired) electrons.